The summed E-state index contributed by atoms with van der Waals surface area (Å²) < 4.78 is 24.4. The van der Waals surface area contributed by atoms with Crippen molar-refractivity contribution in [3.8, 4) is 0 Å². The summed E-state index contributed by atoms with van der Waals surface area (Å²) in [5.41, 5.74) is 0.513. The number of anilines is 1. The van der Waals surface area contributed by atoms with Crippen LogP contribution in [0, 0.1) is 0 Å². The van der Waals surface area contributed by atoms with Gasteiger partial charge in [0.25, 0.3) is 5.91 Å². The molecule has 6 nitrogen and oxygen atoms in total. The van der Waals surface area contributed by atoms with Crippen LogP contribution in [0.3, 0.4) is 0 Å². The summed E-state index contributed by atoms with van der Waals surface area (Å²) in [6.07, 6.45) is 1.76. The molecule has 2 aromatic rings. The van der Waals surface area contributed by atoms with Gasteiger partial charge in [-0.1, -0.05) is 6.07 Å². The molecule has 3 rings (SSSR count). The molecule has 0 radical (unpaired) electrons. The van der Waals surface area contributed by atoms with Crippen LogP contribution in [0.4, 0.5) is 5.82 Å². The molecule has 0 aliphatic carbocycles. The number of carbonyl (C=O) groups excluding carboxylic acids is 1. The molecule has 1 aliphatic rings. The average Bonchev–Trinajstić information content (AvgIpc) is 2.68. The van der Waals surface area contributed by atoms with E-state index < -0.39 is 15.1 Å². The van der Waals surface area contributed by atoms with Gasteiger partial charge in [0.05, 0.1) is 10.1 Å². The third-order valence-corrected chi connectivity index (χ3v) is 6.76. The van der Waals surface area contributed by atoms with Crippen molar-refractivity contribution in [1.29, 1.82) is 0 Å². The lowest BCUT2D eigenvalue weighted by Crippen LogP contribution is -2.49. The molecule has 1 amide bonds. The summed E-state index contributed by atoms with van der Waals surface area (Å²) in [5.74, 6) is 0.849. The van der Waals surface area contributed by atoms with E-state index in [1.807, 2.05) is 18.2 Å². The number of amides is 1. The van der Waals surface area contributed by atoms with Gasteiger partial charge in [0, 0.05) is 37.9 Å². The second-order valence-corrected chi connectivity index (χ2v) is 9.09. The molecular formula is C19H23N3O3S. The Morgan fingerprint density at radius 2 is 1.65 bits per heavy atom. The highest BCUT2D eigenvalue weighted by Crippen LogP contribution is 2.18. The average molecular weight is 373 g/mol. The van der Waals surface area contributed by atoms with Crippen LogP contribution in [0.5, 0.6) is 0 Å². The third-order valence-electron chi connectivity index (χ3n) is 4.59. The molecule has 1 fully saturated rings. The topological polar surface area (TPSA) is 70.6 Å². The molecule has 1 aliphatic heterocycles. The summed E-state index contributed by atoms with van der Waals surface area (Å²) in [7, 11) is -3.32. The zero-order valence-corrected chi connectivity index (χ0v) is 15.8. The molecule has 0 unspecified atom stereocenters. The van der Waals surface area contributed by atoms with Gasteiger partial charge in [-0.25, -0.2) is 13.4 Å². The molecule has 1 aromatic carbocycles. The molecule has 138 valence electrons. The molecule has 0 spiro atoms. The van der Waals surface area contributed by atoms with Crippen LogP contribution >= 0.6 is 0 Å². The van der Waals surface area contributed by atoms with Gasteiger partial charge < -0.3 is 9.80 Å². The number of sulfone groups is 1. The molecular weight excluding hydrogens is 350 g/mol. The number of hydrogen-bond acceptors (Lipinski definition) is 5. The van der Waals surface area contributed by atoms with E-state index in [9.17, 15) is 13.2 Å². The van der Waals surface area contributed by atoms with Gasteiger partial charge in [-0.15, -0.1) is 0 Å². The maximum atomic E-state index is 12.7. The predicted octanol–water partition coefficient (Wildman–Crippen LogP) is 2.23. The molecule has 0 saturated carbocycles. The van der Waals surface area contributed by atoms with Crippen LogP contribution < -0.4 is 4.90 Å². The first-order valence-electron chi connectivity index (χ1n) is 8.69. The maximum absolute atomic E-state index is 12.7. The van der Waals surface area contributed by atoms with E-state index in [1.54, 1.807) is 37.1 Å². The fraction of sp³-hybridized carbons (Fsp3) is 0.368. The number of rotatable bonds is 4. The minimum Gasteiger partial charge on any atom is -0.353 e. The molecule has 0 bridgehead atoms. The lowest BCUT2D eigenvalue weighted by Gasteiger charge is -2.35. The summed E-state index contributed by atoms with van der Waals surface area (Å²) >= 11 is 0. The smallest absolute Gasteiger partial charge is 0.253 e. The van der Waals surface area contributed by atoms with Crippen LogP contribution in [0.15, 0.2) is 53.6 Å². The molecule has 0 N–H and O–H groups in total. The van der Waals surface area contributed by atoms with Gasteiger partial charge in [0.1, 0.15) is 5.82 Å². The Morgan fingerprint density at radius 3 is 2.19 bits per heavy atom. The van der Waals surface area contributed by atoms with Crippen LogP contribution in [-0.2, 0) is 9.84 Å². The fourth-order valence-electron chi connectivity index (χ4n) is 2.92. The number of nitrogens with zero attached hydrogens (tertiary/aromatic N) is 3. The summed E-state index contributed by atoms with van der Waals surface area (Å²) in [6.45, 7) is 5.97. The van der Waals surface area contributed by atoms with Crippen molar-refractivity contribution >= 4 is 21.6 Å². The number of carbonyl (C=O) groups is 1. The van der Waals surface area contributed by atoms with Crippen LogP contribution in [0.25, 0.3) is 0 Å². The molecule has 26 heavy (non-hydrogen) atoms. The largest absolute Gasteiger partial charge is 0.353 e. The maximum Gasteiger partial charge on any atom is 0.253 e. The van der Waals surface area contributed by atoms with Gasteiger partial charge in [-0.2, -0.15) is 0 Å². The minimum atomic E-state index is -3.32. The number of aromatic nitrogens is 1. The van der Waals surface area contributed by atoms with E-state index in [4.69, 9.17) is 0 Å². The van der Waals surface area contributed by atoms with Crippen molar-refractivity contribution in [2.45, 2.75) is 24.0 Å². The van der Waals surface area contributed by atoms with Gasteiger partial charge >= 0.3 is 0 Å². The van der Waals surface area contributed by atoms with Crippen molar-refractivity contribution in [2.24, 2.45) is 0 Å². The van der Waals surface area contributed by atoms with E-state index in [2.05, 4.69) is 9.88 Å². The highest BCUT2D eigenvalue weighted by atomic mass is 32.2. The van der Waals surface area contributed by atoms with E-state index in [0.717, 1.165) is 18.9 Å². The van der Waals surface area contributed by atoms with Crippen molar-refractivity contribution in [1.82, 2.24) is 9.88 Å². The molecule has 7 heteroatoms. The highest BCUT2D eigenvalue weighted by Gasteiger charge is 2.24. The van der Waals surface area contributed by atoms with Gasteiger partial charge in [-0.05, 0) is 50.2 Å². The molecule has 1 aromatic heterocycles. The lowest BCUT2D eigenvalue weighted by molar-refractivity contribution is 0.0746. The Balaban J connectivity index is 1.66. The number of hydrogen-bond donors (Lipinski definition) is 0. The normalized spacial score (nSPS) is 15.3. The van der Waals surface area contributed by atoms with Crippen LogP contribution in [0.1, 0.15) is 24.2 Å². The Hall–Kier alpha value is -2.41. The standard InChI is InChI=1S/C19H23N3O3S/c1-15(2)26(24,25)17-8-6-16(7-9-17)19(23)22-13-11-21(12-14-22)18-5-3-4-10-20-18/h3-10,15H,11-14H2,1-2H3. The van der Waals surface area contributed by atoms with E-state index in [1.165, 1.54) is 12.1 Å². The van der Waals surface area contributed by atoms with Crippen molar-refractivity contribution in [3.63, 3.8) is 0 Å². The van der Waals surface area contributed by atoms with Crippen molar-refractivity contribution < 1.29 is 13.2 Å². The highest BCUT2D eigenvalue weighted by molar-refractivity contribution is 7.92. The predicted molar refractivity (Wildman–Crippen MR) is 101 cm³/mol. The molecule has 0 atom stereocenters. The monoisotopic (exact) mass is 373 g/mol. The van der Waals surface area contributed by atoms with E-state index in [0.29, 0.717) is 18.7 Å². The third kappa shape index (κ3) is 3.72. The van der Waals surface area contributed by atoms with Gasteiger partial charge in [-0.3, -0.25) is 4.79 Å². The van der Waals surface area contributed by atoms with Gasteiger partial charge in [0.2, 0.25) is 0 Å². The summed E-state index contributed by atoms with van der Waals surface area (Å²) in [4.78, 5) is 21.2. The van der Waals surface area contributed by atoms with E-state index in [-0.39, 0.29) is 10.8 Å². The number of pyridine rings is 1. The second-order valence-electron chi connectivity index (χ2n) is 6.59. The molecule has 2 heterocycles. The first-order valence-corrected chi connectivity index (χ1v) is 10.2. The van der Waals surface area contributed by atoms with Crippen LogP contribution in [-0.4, -0.2) is 55.6 Å². The number of piperazine rings is 1. The second kappa shape index (κ2) is 7.45. The Kier molecular flexibility index (Phi) is 5.27. The fourth-order valence-corrected chi connectivity index (χ4v) is 3.98. The Labute approximate surface area is 154 Å². The summed E-state index contributed by atoms with van der Waals surface area (Å²) in [5, 5.41) is -0.483. The number of benzene rings is 1. The lowest BCUT2D eigenvalue weighted by atomic mass is 10.2. The Morgan fingerprint density at radius 1 is 1.00 bits per heavy atom. The SMILES string of the molecule is CC(C)S(=O)(=O)c1ccc(C(=O)N2CCN(c3ccccn3)CC2)cc1. The first kappa shape index (κ1) is 18.4. The van der Waals surface area contributed by atoms with Crippen molar-refractivity contribution in [3.05, 3.63) is 54.2 Å². The zero-order valence-electron chi connectivity index (χ0n) is 15.0. The van der Waals surface area contributed by atoms with Crippen LogP contribution in [0.2, 0.25) is 0 Å². The summed E-state index contributed by atoms with van der Waals surface area (Å²) in [6, 6.07) is 12.0. The minimum absolute atomic E-state index is 0.0702. The quantitative estimate of drug-likeness (QED) is 0.822. The van der Waals surface area contributed by atoms with Crippen molar-refractivity contribution in [2.75, 3.05) is 31.1 Å². The first-order chi connectivity index (χ1) is 12.4. The van der Waals surface area contributed by atoms with E-state index >= 15 is 0 Å². The zero-order chi connectivity index (χ0) is 18.7. The Bertz CT molecular complexity index is 857. The van der Waals surface area contributed by atoms with Gasteiger partial charge in [0.15, 0.2) is 9.84 Å². The molecule has 1 saturated heterocycles.